The average Bonchev–Trinajstić information content (AvgIpc) is 2.73. The van der Waals surface area contributed by atoms with Gasteiger partial charge in [0.2, 0.25) is 0 Å². The van der Waals surface area contributed by atoms with Gasteiger partial charge in [-0.3, -0.25) is 4.55 Å². The summed E-state index contributed by atoms with van der Waals surface area (Å²) in [4.78, 5) is -4.96. The molecule has 39 heavy (non-hydrogen) atoms. The maximum absolute atomic E-state index is 14.2. The second-order valence-corrected chi connectivity index (χ2v) is 13.0. The van der Waals surface area contributed by atoms with Crippen LogP contribution in [-0.4, -0.2) is 52.5 Å². The third-order valence-corrected chi connectivity index (χ3v) is 9.73. The van der Waals surface area contributed by atoms with Crippen molar-refractivity contribution in [2.24, 2.45) is 0 Å². The van der Waals surface area contributed by atoms with E-state index in [0.29, 0.717) is 12.1 Å². The molecular formula is C16H9F10NO8S4. The summed E-state index contributed by atoms with van der Waals surface area (Å²) >= 11 is -1.61. The van der Waals surface area contributed by atoms with Gasteiger partial charge in [0.25, 0.3) is 30.2 Å². The lowest BCUT2D eigenvalue weighted by molar-refractivity contribution is -0.441. The Balaban J connectivity index is 2.43. The van der Waals surface area contributed by atoms with Crippen LogP contribution in [0.1, 0.15) is 0 Å². The molecule has 0 bridgehead atoms. The number of alkyl halides is 8. The Morgan fingerprint density at radius 3 is 1.77 bits per heavy atom. The van der Waals surface area contributed by atoms with Gasteiger partial charge in [-0.15, -0.1) is 0 Å². The topological polar surface area (TPSA) is 144 Å². The van der Waals surface area contributed by atoms with Crippen molar-refractivity contribution in [2.45, 2.75) is 37.4 Å². The number of sulfonamides is 2. The molecule has 2 aromatic carbocycles. The van der Waals surface area contributed by atoms with Crippen LogP contribution >= 0.6 is 11.8 Å². The third kappa shape index (κ3) is 6.77. The van der Waals surface area contributed by atoms with E-state index in [-0.39, 0.29) is 28.4 Å². The molecule has 2 aromatic rings. The number of halogens is 10. The summed E-state index contributed by atoms with van der Waals surface area (Å²) in [6.45, 7) is 0. The normalized spacial score (nSPS) is 14.4. The van der Waals surface area contributed by atoms with Gasteiger partial charge in [0.15, 0.2) is 0 Å². The molecule has 0 atom stereocenters. The molecule has 0 spiro atoms. The predicted molar refractivity (Wildman–Crippen MR) is 109 cm³/mol. The molecule has 220 valence electrons. The molecule has 0 saturated carbocycles. The van der Waals surface area contributed by atoms with E-state index in [1.807, 2.05) is 0 Å². The summed E-state index contributed by atoms with van der Waals surface area (Å²) < 4.78 is 220. The zero-order valence-corrected chi connectivity index (χ0v) is 21.0. The van der Waals surface area contributed by atoms with E-state index in [4.69, 9.17) is 4.55 Å². The Morgan fingerprint density at radius 1 is 0.769 bits per heavy atom. The van der Waals surface area contributed by atoms with Gasteiger partial charge in [0, 0.05) is 11.0 Å². The second-order valence-electron chi connectivity index (χ2n) is 6.86. The van der Waals surface area contributed by atoms with Crippen molar-refractivity contribution in [1.82, 2.24) is 4.13 Å². The lowest BCUT2D eigenvalue weighted by Gasteiger charge is -2.32. The van der Waals surface area contributed by atoms with Crippen LogP contribution in [0.4, 0.5) is 43.9 Å². The average molecular weight is 661 g/mol. The Hall–Kier alpha value is -2.18. The fourth-order valence-electron chi connectivity index (χ4n) is 2.32. The van der Waals surface area contributed by atoms with E-state index in [0.717, 1.165) is 6.07 Å². The molecule has 2 N–H and O–H groups in total. The highest BCUT2D eigenvalue weighted by Gasteiger charge is 2.74. The second kappa shape index (κ2) is 10.3. The fraction of sp³-hybridized carbons (Fsp3) is 0.250. The van der Waals surface area contributed by atoms with Crippen molar-refractivity contribution < 1.29 is 78.4 Å². The highest BCUT2D eigenvalue weighted by molar-refractivity contribution is 8.05. The molecule has 23 heteroatoms. The molecule has 0 saturated heterocycles. The lowest BCUT2D eigenvalue weighted by Crippen LogP contribution is -2.58. The van der Waals surface area contributed by atoms with E-state index in [2.05, 4.69) is 4.74 Å². The number of hydrogen-bond donors (Lipinski definition) is 2. The van der Waals surface area contributed by atoms with Gasteiger partial charge in [0.1, 0.15) is 21.4 Å². The largest absolute Gasteiger partial charge is 0.449 e. The van der Waals surface area contributed by atoms with Crippen molar-refractivity contribution >= 4 is 41.9 Å². The van der Waals surface area contributed by atoms with Crippen LogP contribution in [0.15, 0.2) is 57.2 Å². The van der Waals surface area contributed by atoms with E-state index in [9.17, 15) is 69.2 Å². The molecule has 0 aliphatic rings. The number of rotatable bonds is 11. The highest BCUT2D eigenvalue weighted by atomic mass is 32.3. The fourth-order valence-corrected chi connectivity index (χ4v) is 7.14. The number of hydrogen-bond acceptors (Lipinski definition) is 8. The monoisotopic (exact) mass is 661 g/mol. The SMILES string of the molecule is O=S(=O)(O)c1ccccc1S(=O)(=O)NS(=O)(=O)C(F)(F)C(F)(F)OC(F)(F)C(F)(F)Sc1ccc(F)cc1F. The van der Waals surface area contributed by atoms with Gasteiger partial charge in [-0.25, -0.2) is 30.4 Å². The van der Waals surface area contributed by atoms with E-state index in [1.54, 1.807) is 0 Å². The van der Waals surface area contributed by atoms with Crippen LogP contribution in [0.25, 0.3) is 0 Å². The molecule has 0 unspecified atom stereocenters. The van der Waals surface area contributed by atoms with Crippen LogP contribution in [0, 0.1) is 11.6 Å². The molecule has 0 radical (unpaired) electrons. The van der Waals surface area contributed by atoms with Crippen molar-refractivity contribution in [3.05, 3.63) is 54.1 Å². The van der Waals surface area contributed by atoms with Gasteiger partial charge in [-0.05, 0) is 36.0 Å². The Morgan fingerprint density at radius 2 is 1.28 bits per heavy atom. The quantitative estimate of drug-likeness (QED) is 0.208. The summed E-state index contributed by atoms with van der Waals surface area (Å²) in [6.07, 6.45) is -13.9. The van der Waals surface area contributed by atoms with E-state index < -0.39 is 91.0 Å². The zero-order chi connectivity index (χ0) is 30.5. The maximum atomic E-state index is 14.2. The Bertz CT molecular complexity index is 1580. The first-order valence-electron chi connectivity index (χ1n) is 8.97. The predicted octanol–water partition coefficient (Wildman–Crippen LogP) is 4.00. The molecule has 0 fully saturated rings. The first-order valence-corrected chi connectivity index (χ1v) is 14.2. The summed E-state index contributed by atoms with van der Waals surface area (Å²) in [5.74, 6) is -3.31. The van der Waals surface area contributed by atoms with E-state index in [1.165, 1.54) is 0 Å². The molecule has 2 rings (SSSR count). The third-order valence-electron chi connectivity index (χ3n) is 4.04. The summed E-state index contributed by atoms with van der Waals surface area (Å²) in [5, 5.41) is -13.2. The standard InChI is InChI=1S/C16H9F10NO8S4/c17-8-5-6-10(9(18)7-8)36-15(23,24)13(19,20)35-14(21,22)16(25,26)39(33,34)27-37(28,29)11-3-1-2-4-12(11)38(30,31)32/h1-7,27H,(H,30,31,32). The van der Waals surface area contributed by atoms with Crippen molar-refractivity contribution in [1.29, 1.82) is 0 Å². The van der Waals surface area contributed by atoms with Gasteiger partial charge < -0.3 is 0 Å². The number of benzene rings is 2. The molecule has 0 aromatic heterocycles. The molecule has 0 aliphatic heterocycles. The van der Waals surface area contributed by atoms with Crippen molar-refractivity contribution in [3.8, 4) is 0 Å². The number of ether oxygens (including phenoxy) is 1. The minimum atomic E-state index is -7.48. The van der Waals surface area contributed by atoms with Crippen molar-refractivity contribution in [3.63, 3.8) is 0 Å². The van der Waals surface area contributed by atoms with Gasteiger partial charge in [-0.2, -0.15) is 43.5 Å². The summed E-state index contributed by atoms with van der Waals surface area (Å²) in [6, 6.07) is 2.18. The Kier molecular flexibility index (Phi) is 8.75. The lowest BCUT2D eigenvalue weighted by atomic mass is 10.3. The summed E-state index contributed by atoms with van der Waals surface area (Å²) in [7, 11) is -19.2. The maximum Gasteiger partial charge on any atom is 0.449 e. The van der Waals surface area contributed by atoms with Crippen LogP contribution in [-0.2, 0) is 34.9 Å². The Labute approximate surface area is 216 Å². The van der Waals surface area contributed by atoms with Crippen molar-refractivity contribution in [2.75, 3.05) is 0 Å². The van der Waals surface area contributed by atoms with Crippen LogP contribution in [0.3, 0.4) is 0 Å². The number of thioether (sulfide) groups is 1. The zero-order valence-electron chi connectivity index (χ0n) is 17.8. The summed E-state index contributed by atoms with van der Waals surface area (Å²) in [5.41, 5.74) is 0. The molecular weight excluding hydrogens is 652 g/mol. The van der Waals surface area contributed by atoms with Crippen LogP contribution in [0.2, 0.25) is 0 Å². The number of nitrogens with one attached hydrogen (secondary N) is 1. The van der Waals surface area contributed by atoms with E-state index >= 15 is 0 Å². The molecule has 0 aliphatic carbocycles. The first-order chi connectivity index (χ1) is 17.3. The van der Waals surface area contributed by atoms with Crippen LogP contribution < -0.4 is 4.13 Å². The van der Waals surface area contributed by atoms with Gasteiger partial charge in [-0.1, -0.05) is 16.3 Å². The first kappa shape index (κ1) is 33.0. The smallest absolute Gasteiger partial charge is 0.282 e. The highest BCUT2D eigenvalue weighted by Crippen LogP contribution is 2.52. The molecule has 0 heterocycles. The molecule has 0 amide bonds. The van der Waals surface area contributed by atoms with Crippen LogP contribution in [0.5, 0.6) is 0 Å². The molecule has 9 nitrogen and oxygen atoms in total. The van der Waals surface area contributed by atoms with Gasteiger partial charge in [0.05, 0.1) is 0 Å². The minimum absolute atomic E-state index is 0.0789. The van der Waals surface area contributed by atoms with Gasteiger partial charge >= 0.3 is 22.7 Å². The minimum Gasteiger partial charge on any atom is -0.282 e.